The number of nitrogens with zero attached hydrogens (tertiary/aromatic N) is 1. The van der Waals surface area contributed by atoms with Gasteiger partial charge in [-0.1, -0.05) is 0 Å². The second-order valence-electron chi connectivity index (χ2n) is 6.69. The van der Waals surface area contributed by atoms with Crippen LogP contribution in [0.5, 0.6) is 0 Å². The van der Waals surface area contributed by atoms with E-state index >= 15 is 0 Å². The molecule has 0 spiro atoms. The minimum atomic E-state index is -4.01. The van der Waals surface area contributed by atoms with Crippen LogP contribution in [0, 0.1) is 11.8 Å². The lowest BCUT2D eigenvalue weighted by atomic mass is 9.84. The highest BCUT2D eigenvalue weighted by molar-refractivity contribution is 5.05. The van der Waals surface area contributed by atoms with Gasteiger partial charge in [-0.2, -0.15) is 13.2 Å². The summed E-state index contributed by atoms with van der Waals surface area (Å²) in [5, 5.41) is 3.43. The first-order valence-corrected chi connectivity index (χ1v) is 7.26. The molecule has 2 fully saturated rings. The maximum absolute atomic E-state index is 12.2. The fraction of sp³-hybridized carbons (Fsp3) is 1.00. The van der Waals surface area contributed by atoms with E-state index in [9.17, 15) is 13.2 Å². The third kappa shape index (κ3) is 3.24. The van der Waals surface area contributed by atoms with Gasteiger partial charge in [0, 0.05) is 31.1 Å². The molecule has 0 aromatic rings. The molecule has 0 saturated carbocycles. The minimum absolute atomic E-state index is 0.103. The van der Waals surface area contributed by atoms with Gasteiger partial charge in [0.2, 0.25) is 0 Å². The topological polar surface area (TPSA) is 15.3 Å². The second-order valence-corrected chi connectivity index (χ2v) is 6.69. The van der Waals surface area contributed by atoms with Crippen molar-refractivity contribution in [1.82, 2.24) is 10.2 Å². The summed E-state index contributed by atoms with van der Waals surface area (Å²) in [5.74, 6) is 1.30. The van der Waals surface area contributed by atoms with Gasteiger partial charge < -0.3 is 5.32 Å². The van der Waals surface area contributed by atoms with Gasteiger partial charge in [0.05, 0.1) is 0 Å². The molecule has 2 rings (SSSR count). The van der Waals surface area contributed by atoms with Crippen LogP contribution in [0.2, 0.25) is 0 Å². The van der Waals surface area contributed by atoms with Crippen LogP contribution in [0.25, 0.3) is 0 Å². The van der Waals surface area contributed by atoms with Crippen molar-refractivity contribution in [2.75, 3.05) is 19.6 Å². The molecular formula is C14H25F3N2. The third-order valence-electron chi connectivity index (χ3n) is 5.03. The Morgan fingerprint density at radius 3 is 2.58 bits per heavy atom. The highest BCUT2D eigenvalue weighted by atomic mass is 19.4. The lowest BCUT2D eigenvalue weighted by Crippen LogP contribution is -2.48. The molecule has 0 radical (unpaired) electrons. The Balaban J connectivity index is 1.87. The Kier molecular flexibility index (Phi) is 4.17. The van der Waals surface area contributed by atoms with Crippen LogP contribution in [0.3, 0.4) is 0 Å². The van der Waals surface area contributed by atoms with E-state index in [-0.39, 0.29) is 18.0 Å². The second kappa shape index (κ2) is 5.24. The number of hydrogen-bond acceptors (Lipinski definition) is 2. The first kappa shape index (κ1) is 15.1. The van der Waals surface area contributed by atoms with E-state index in [1.165, 1.54) is 0 Å². The monoisotopic (exact) mass is 278 g/mol. The van der Waals surface area contributed by atoms with Gasteiger partial charge >= 0.3 is 6.18 Å². The van der Waals surface area contributed by atoms with E-state index in [1.807, 2.05) is 0 Å². The standard InChI is InChI=1S/C14H25F3N2/c1-10(5-4-6-14(15,16)17)19-9-11-7-18-8-12(11)13(19,2)3/h10-12,18H,4-9H2,1-3H3. The van der Waals surface area contributed by atoms with Crippen molar-refractivity contribution in [1.29, 1.82) is 0 Å². The zero-order chi connectivity index (χ0) is 14.3. The zero-order valence-electron chi connectivity index (χ0n) is 12.1. The van der Waals surface area contributed by atoms with Gasteiger partial charge in [0.25, 0.3) is 0 Å². The number of likely N-dealkylation sites (tertiary alicyclic amines) is 1. The highest BCUT2D eigenvalue weighted by Crippen LogP contribution is 2.42. The summed E-state index contributed by atoms with van der Waals surface area (Å²) in [7, 11) is 0. The molecule has 2 heterocycles. The largest absolute Gasteiger partial charge is 0.389 e. The van der Waals surface area contributed by atoms with Gasteiger partial charge in [-0.15, -0.1) is 0 Å². The molecule has 1 N–H and O–H groups in total. The van der Waals surface area contributed by atoms with Crippen LogP contribution in [-0.4, -0.2) is 42.3 Å². The third-order valence-corrected chi connectivity index (χ3v) is 5.03. The average Bonchev–Trinajstić information content (AvgIpc) is 2.79. The quantitative estimate of drug-likeness (QED) is 0.850. The molecule has 0 aliphatic carbocycles. The molecule has 2 aliphatic heterocycles. The summed E-state index contributed by atoms with van der Waals surface area (Å²) in [6.07, 6.45) is -3.79. The summed E-state index contributed by atoms with van der Waals surface area (Å²) < 4.78 is 36.6. The van der Waals surface area contributed by atoms with Crippen molar-refractivity contribution in [2.45, 2.75) is 57.8 Å². The van der Waals surface area contributed by atoms with E-state index in [2.05, 4.69) is 31.0 Å². The van der Waals surface area contributed by atoms with E-state index < -0.39 is 12.6 Å². The fourth-order valence-corrected chi connectivity index (χ4v) is 3.95. The lowest BCUT2D eigenvalue weighted by Gasteiger charge is -2.40. The Labute approximate surface area is 113 Å². The maximum Gasteiger partial charge on any atom is 0.389 e. The van der Waals surface area contributed by atoms with Crippen molar-refractivity contribution >= 4 is 0 Å². The van der Waals surface area contributed by atoms with E-state index in [0.29, 0.717) is 18.3 Å². The number of alkyl halides is 3. The van der Waals surface area contributed by atoms with Crippen LogP contribution in [0.15, 0.2) is 0 Å². The molecule has 112 valence electrons. The molecule has 19 heavy (non-hydrogen) atoms. The predicted octanol–water partition coefficient (Wildman–Crippen LogP) is 3.04. The first-order chi connectivity index (χ1) is 8.72. The van der Waals surface area contributed by atoms with Crippen LogP contribution >= 0.6 is 0 Å². The summed E-state index contributed by atoms with van der Waals surface area (Å²) in [6, 6.07) is 0.239. The predicted molar refractivity (Wildman–Crippen MR) is 70.0 cm³/mol. The summed E-state index contributed by atoms with van der Waals surface area (Å²) >= 11 is 0. The van der Waals surface area contributed by atoms with Crippen molar-refractivity contribution < 1.29 is 13.2 Å². The summed E-state index contributed by atoms with van der Waals surface area (Å²) in [6.45, 7) is 9.68. The molecule has 3 atom stereocenters. The van der Waals surface area contributed by atoms with E-state index in [0.717, 1.165) is 19.6 Å². The van der Waals surface area contributed by atoms with Gasteiger partial charge in [-0.3, -0.25) is 4.90 Å². The van der Waals surface area contributed by atoms with Crippen LogP contribution in [-0.2, 0) is 0 Å². The normalized spacial score (nSPS) is 32.5. The highest BCUT2D eigenvalue weighted by Gasteiger charge is 2.50. The maximum atomic E-state index is 12.2. The molecule has 0 aromatic heterocycles. The molecule has 0 aromatic carbocycles. The molecule has 0 bridgehead atoms. The van der Waals surface area contributed by atoms with Crippen LogP contribution in [0.1, 0.15) is 40.0 Å². The van der Waals surface area contributed by atoms with Gasteiger partial charge in [0.15, 0.2) is 0 Å². The SMILES string of the molecule is CC(CCCC(F)(F)F)N1CC2CNCC2C1(C)C. The van der Waals surface area contributed by atoms with E-state index in [1.54, 1.807) is 0 Å². The number of hydrogen-bond donors (Lipinski definition) is 1. The minimum Gasteiger partial charge on any atom is -0.316 e. The fourth-order valence-electron chi connectivity index (χ4n) is 3.95. The first-order valence-electron chi connectivity index (χ1n) is 7.26. The van der Waals surface area contributed by atoms with Crippen molar-refractivity contribution in [3.63, 3.8) is 0 Å². The molecule has 2 saturated heterocycles. The number of rotatable bonds is 4. The Morgan fingerprint density at radius 1 is 1.32 bits per heavy atom. The lowest BCUT2D eigenvalue weighted by molar-refractivity contribution is -0.136. The molecule has 5 heteroatoms. The smallest absolute Gasteiger partial charge is 0.316 e. The summed E-state index contributed by atoms with van der Waals surface area (Å²) in [5.41, 5.74) is 0.103. The Morgan fingerprint density at radius 2 is 2.00 bits per heavy atom. The molecule has 2 aliphatic rings. The summed E-state index contributed by atoms with van der Waals surface area (Å²) in [4.78, 5) is 2.43. The van der Waals surface area contributed by atoms with Crippen molar-refractivity contribution in [3.8, 4) is 0 Å². The number of halogens is 3. The van der Waals surface area contributed by atoms with Crippen molar-refractivity contribution in [2.24, 2.45) is 11.8 Å². The number of fused-ring (bicyclic) bond motifs is 1. The van der Waals surface area contributed by atoms with E-state index in [4.69, 9.17) is 0 Å². The average molecular weight is 278 g/mol. The molecule has 0 amide bonds. The Bertz CT molecular complexity index is 314. The van der Waals surface area contributed by atoms with Gasteiger partial charge in [-0.25, -0.2) is 0 Å². The van der Waals surface area contributed by atoms with Crippen molar-refractivity contribution in [3.05, 3.63) is 0 Å². The van der Waals surface area contributed by atoms with Gasteiger partial charge in [-0.05, 0) is 52.0 Å². The van der Waals surface area contributed by atoms with Gasteiger partial charge in [0.1, 0.15) is 0 Å². The van der Waals surface area contributed by atoms with Crippen LogP contribution < -0.4 is 5.32 Å². The molecule has 3 unspecified atom stereocenters. The molecular weight excluding hydrogens is 253 g/mol. The Hall–Kier alpha value is -0.290. The number of nitrogens with one attached hydrogen (secondary N) is 1. The molecule has 2 nitrogen and oxygen atoms in total. The van der Waals surface area contributed by atoms with Crippen LogP contribution in [0.4, 0.5) is 13.2 Å². The zero-order valence-corrected chi connectivity index (χ0v) is 12.1.